The highest BCUT2D eigenvalue weighted by molar-refractivity contribution is 7.98. The van der Waals surface area contributed by atoms with Crippen LogP contribution in [0.3, 0.4) is 0 Å². The number of carbonyl (C=O) groups excluding carboxylic acids is 2. The second-order valence-electron chi connectivity index (χ2n) is 4.17. The summed E-state index contributed by atoms with van der Waals surface area (Å²) in [5.74, 6) is -0.731. The quantitative estimate of drug-likeness (QED) is 0.667. The third-order valence-electron chi connectivity index (χ3n) is 2.69. The minimum atomic E-state index is -0.427. The zero-order valence-corrected chi connectivity index (χ0v) is 14.0. The van der Waals surface area contributed by atoms with Gasteiger partial charge in [-0.15, -0.1) is 11.8 Å². The molecule has 0 saturated carbocycles. The second-order valence-corrected chi connectivity index (χ2v) is 5.96. The Bertz CT molecular complexity index is 700. The van der Waals surface area contributed by atoms with Crippen molar-refractivity contribution in [1.82, 2.24) is 9.97 Å². The van der Waals surface area contributed by atoms with Gasteiger partial charge in [-0.25, -0.2) is 14.8 Å². The summed E-state index contributed by atoms with van der Waals surface area (Å²) in [4.78, 5) is 32.8. The van der Waals surface area contributed by atoms with Crippen molar-refractivity contribution in [2.75, 3.05) is 18.2 Å². The Hall–Kier alpha value is -1.93. The summed E-state index contributed by atoms with van der Waals surface area (Å²) in [5.41, 5.74) is 1.01. The highest BCUT2D eigenvalue weighted by Crippen LogP contribution is 2.25. The normalized spacial score (nSPS) is 10.3. The maximum absolute atomic E-state index is 12.3. The molecule has 2 aromatic heterocycles. The van der Waals surface area contributed by atoms with E-state index in [1.807, 2.05) is 6.26 Å². The van der Waals surface area contributed by atoms with Gasteiger partial charge in [-0.1, -0.05) is 11.3 Å². The van der Waals surface area contributed by atoms with Gasteiger partial charge in [-0.3, -0.25) is 10.1 Å². The average molecular weight is 337 g/mol. The van der Waals surface area contributed by atoms with Crippen molar-refractivity contribution in [2.45, 2.75) is 18.9 Å². The molecule has 2 aromatic rings. The first-order valence-corrected chi connectivity index (χ1v) is 8.55. The van der Waals surface area contributed by atoms with Gasteiger partial charge in [0.15, 0.2) is 5.13 Å². The zero-order chi connectivity index (χ0) is 16.1. The van der Waals surface area contributed by atoms with Gasteiger partial charge in [0.25, 0.3) is 5.91 Å². The predicted molar refractivity (Wildman–Crippen MR) is 86.8 cm³/mol. The summed E-state index contributed by atoms with van der Waals surface area (Å²) in [5, 5.41) is 3.70. The van der Waals surface area contributed by atoms with Crippen molar-refractivity contribution in [3.05, 3.63) is 34.5 Å². The fourth-order valence-corrected chi connectivity index (χ4v) is 3.13. The molecule has 2 heterocycles. The lowest BCUT2D eigenvalue weighted by Crippen LogP contribution is -2.13. The molecular formula is C14H15N3O3S2. The molecule has 0 aliphatic rings. The van der Waals surface area contributed by atoms with Gasteiger partial charge >= 0.3 is 5.97 Å². The van der Waals surface area contributed by atoms with Crippen LogP contribution < -0.4 is 5.32 Å². The van der Waals surface area contributed by atoms with Crippen LogP contribution in [0.4, 0.5) is 5.13 Å². The maximum atomic E-state index is 12.3. The Morgan fingerprint density at radius 2 is 2.23 bits per heavy atom. The van der Waals surface area contributed by atoms with Crippen LogP contribution in [0.1, 0.15) is 32.6 Å². The van der Waals surface area contributed by atoms with E-state index in [0.717, 1.165) is 11.3 Å². The minimum Gasteiger partial charge on any atom is -0.462 e. The van der Waals surface area contributed by atoms with Crippen LogP contribution >= 0.6 is 23.1 Å². The maximum Gasteiger partial charge on any atom is 0.350 e. The average Bonchev–Trinajstić information content (AvgIpc) is 2.88. The highest BCUT2D eigenvalue weighted by Gasteiger charge is 2.19. The second kappa shape index (κ2) is 7.37. The molecule has 0 saturated heterocycles. The number of rotatable bonds is 5. The monoisotopic (exact) mass is 337 g/mol. The van der Waals surface area contributed by atoms with E-state index >= 15 is 0 Å². The Kier molecular flexibility index (Phi) is 5.51. The molecule has 0 fully saturated rings. The first-order valence-electron chi connectivity index (χ1n) is 6.51. The van der Waals surface area contributed by atoms with Crippen LogP contribution in [0, 0.1) is 6.92 Å². The molecule has 116 valence electrons. The summed E-state index contributed by atoms with van der Waals surface area (Å²) >= 11 is 2.49. The lowest BCUT2D eigenvalue weighted by atomic mass is 10.3. The molecule has 8 heteroatoms. The summed E-state index contributed by atoms with van der Waals surface area (Å²) in [6.45, 7) is 3.74. The third-order valence-corrected chi connectivity index (χ3v) is 4.45. The van der Waals surface area contributed by atoms with Crippen molar-refractivity contribution in [1.29, 1.82) is 0 Å². The van der Waals surface area contributed by atoms with Crippen LogP contribution in [-0.2, 0) is 4.74 Å². The zero-order valence-electron chi connectivity index (χ0n) is 12.4. The molecule has 0 unspecified atom stereocenters. The Labute approximate surface area is 136 Å². The Morgan fingerprint density at radius 3 is 2.91 bits per heavy atom. The Morgan fingerprint density at radius 1 is 1.45 bits per heavy atom. The molecule has 0 spiro atoms. The van der Waals surface area contributed by atoms with E-state index in [0.29, 0.717) is 32.9 Å². The van der Waals surface area contributed by atoms with Crippen LogP contribution in [0.15, 0.2) is 23.4 Å². The van der Waals surface area contributed by atoms with Gasteiger partial charge in [0, 0.05) is 6.20 Å². The van der Waals surface area contributed by atoms with E-state index in [4.69, 9.17) is 4.74 Å². The van der Waals surface area contributed by atoms with Gasteiger partial charge in [0.05, 0.1) is 17.9 Å². The largest absolute Gasteiger partial charge is 0.462 e. The summed E-state index contributed by atoms with van der Waals surface area (Å²) in [7, 11) is 0. The lowest BCUT2D eigenvalue weighted by molar-refractivity contribution is 0.0531. The van der Waals surface area contributed by atoms with E-state index in [2.05, 4.69) is 15.3 Å². The van der Waals surface area contributed by atoms with E-state index in [-0.39, 0.29) is 5.91 Å². The van der Waals surface area contributed by atoms with Crippen LogP contribution in [-0.4, -0.2) is 34.7 Å². The molecule has 22 heavy (non-hydrogen) atoms. The third kappa shape index (κ3) is 3.63. The summed E-state index contributed by atoms with van der Waals surface area (Å²) in [6, 6.07) is 3.40. The van der Waals surface area contributed by atoms with Gasteiger partial charge in [0.2, 0.25) is 0 Å². The van der Waals surface area contributed by atoms with E-state index < -0.39 is 5.97 Å². The van der Waals surface area contributed by atoms with Gasteiger partial charge in [0.1, 0.15) is 9.90 Å². The molecular weight excluding hydrogens is 322 g/mol. The first-order chi connectivity index (χ1) is 10.6. The van der Waals surface area contributed by atoms with Crippen molar-refractivity contribution >= 4 is 40.1 Å². The summed E-state index contributed by atoms with van der Waals surface area (Å²) < 4.78 is 4.95. The number of hydrogen-bond acceptors (Lipinski definition) is 7. The van der Waals surface area contributed by atoms with Crippen molar-refractivity contribution in [3.63, 3.8) is 0 Å². The number of carbonyl (C=O) groups is 2. The first kappa shape index (κ1) is 16.4. The number of esters is 1. The smallest absolute Gasteiger partial charge is 0.350 e. The van der Waals surface area contributed by atoms with E-state index in [1.54, 1.807) is 32.2 Å². The van der Waals surface area contributed by atoms with Crippen LogP contribution in [0.5, 0.6) is 0 Å². The molecule has 0 aliphatic heterocycles. The van der Waals surface area contributed by atoms with Crippen LogP contribution in [0.2, 0.25) is 0 Å². The van der Waals surface area contributed by atoms with Gasteiger partial charge < -0.3 is 4.74 Å². The number of thioether (sulfide) groups is 1. The number of nitrogens with one attached hydrogen (secondary N) is 1. The highest BCUT2D eigenvalue weighted by atomic mass is 32.2. The van der Waals surface area contributed by atoms with Crippen molar-refractivity contribution in [3.8, 4) is 0 Å². The molecule has 1 amide bonds. The molecule has 0 atom stereocenters. The minimum absolute atomic E-state index is 0.296. The van der Waals surface area contributed by atoms with E-state index in [9.17, 15) is 9.59 Å². The predicted octanol–water partition coefficient (Wildman–Crippen LogP) is 3.00. The number of nitrogens with zero attached hydrogens (tertiary/aromatic N) is 2. The van der Waals surface area contributed by atoms with Crippen molar-refractivity contribution in [2.24, 2.45) is 0 Å². The molecule has 1 N–H and O–H groups in total. The number of ether oxygens (including phenoxy) is 1. The SMILES string of the molecule is CCOC(=O)c1sc(NC(=O)c2cccnc2SC)nc1C. The molecule has 0 aliphatic carbocycles. The Balaban J connectivity index is 2.19. The number of pyridine rings is 1. The number of anilines is 1. The number of thiazole rings is 1. The van der Waals surface area contributed by atoms with Crippen molar-refractivity contribution < 1.29 is 14.3 Å². The fourth-order valence-electron chi connectivity index (χ4n) is 1.73. The molecule has 2 rings (SSSR count). The standard InChI is InChI=1S/C14H15N3O3S2/c1-4-20-13(19)10-8(2)16-14(22-10)17-11(18)9-6-5-7-15-12(9)21-3/h5-7H,4H2,1-3H3,(H,16,17,18). The fraction of sp³-hybridized carbons (Fsp3) is 0.286. The molecule has 6 nitrogen and oxygen atoms in total. The number of aromatic nitrogens is 2. The summed E-state index contributed by atoms with van der Waals surface area (Å²) in [6.07, 6.45) is 3.49. The van der Waals surface area contributed by atoms with E-state index in [1.165, 1.54) is 11.8 Å². The number of amides is 1. The van der Waals surface area contributed by atoms with Crippen LogP contribution in [0.25, 0.3) is 0 Å². The topological polar surface area (TPSA) is 81.2 Å². The number of aryl methyl sites for hydroxylation is 1. The number of hydrogen-bond donors (Lipinski definition) is 1. The van der Waals surface area contributed by atoms with Gasteiger partial charge in [-0.05, 0) is 32.2 Å². The molecule has 0 bridgehead atoms. The molecule has 0 aromatic carbocycles. The lowest BCUT2D eigenvalue weighted by Gasteiger charge is -2.05. The molecule has 0 radical (unpaired) electrons. The van der Waals surface area contributed by atoms with Gasteiger partial charge in [-0.2, -0.15) is 0 Å².